The Bertz CT molecular complexity index is 735. The lowest BCUT2D eigenvalue weighted by molar-refractivity contribution is 1.30. The molecule has 0 fully saturated rings. The number of hydrogen-bond acceptors (Lipinski definition) is 3. The Balaban J connectivity index is 2.06. The summed E-state index contributed by atoms with van der Waals surface area (Å²) in [5, 5.41) is 5.62. The predicted molar refractivity (Wildman–Crippen MR) is 83.6 cm³/mol. The minimum atomic E-state index is 0.613. The lowest BCUT2D eigenvalue weighted by Crippen LogP contribution is -1.99. The second kappa shape index (κ2) is 4.90. The zero-order valence-electron chi connectivity index (χ0n) is 10.1. The molecule has 1 aromatic heterocycles. The molecule has 0 atom stereocenters. The van der Waals surface area contributed by atoms with Crippen molar-refractivity contribution < 1.29 is 0 Å². The van der Waals surface area contributed by atoms with Crippen LogP contribution in [0.3, 0.4) is 0 Å². The number of benzene rings is 2. The number of nitrogens with two attached hydrogens (primary N) is 1. The molecule has 0 spiro atoms. The number of aromatic nitrogens is 1. The van der Waals surface area contributed by atoms with E-state index in [1.54, 1.807) is 6.20 Å². The second-order valence-electron chi connectivity index (χ2n) is 4.24. The number of fused-ring (bicyclic) bond motifs is 1. The fraction of sp³-hybridized carbons (Fsp3) is 0. The van der Waals surface area contributed by atoms with Crippen LogP contribution < -0.4 is 11.1 Å². The Labute approximate surface area is 119 Å². The van der Waals surface area contributed by atoms with E-state index < -0.39 is 0 Å². The first-order valence-electron chi connectivity index (χ1n) is 5.90. The smallest absolute Gasteiger partial charge is 0.153 e. The number of pyridine rings is 1. The summed E-state index contributed by atoms with van der Waals surface area (Å²) >= 11 is 3.35. The fourth-order valence-electron chi connectivity index (χ4n) is 2.02. The van der Waals surface area contributed by atoms with Crippen LogP contribution in [-0.4, -0.2) is 4.98 Å². The largest absolute Gasteiger partial charge is 0.396 e. The molecule has 0 bridgehead atoms. The summed E-state index contributed by atoms with van der Waals surface area (Å²) in [6.45, 7) is 0. The van der Waals surface area contributed by atoms with Crippen molar-refractivity contribution >= 4 is 43.9 Å². The van der Waals surface area contributed by atoms with Gasteiger partial charge >= 0.3 is 0 Å². The molecular formula is C15H12BrN3. The van der Waals surface area contributed by atoms with Crippen molar-refractivity contribution in [2.75, 3.05) is 11.1 Å². The predicted octanol–water partition coefficient (Wildman–Crippen LogP) is 4.32. The standard InChI is InChI=1S/C15H12BrN3/c16-11-8-13(17)15(18-9-11)19-14-7-3-5-10-4-1-2-6-12(10)14/h1-9H,17H2,(H,18,19). The topological polar surface area (TPSA) is 50.9 Å². The van der Waals surface area contributed by atoms with E-state index in [2.05, 4.69) is 44.4 Å². The van der Waals surface area contributed by atoms with E-state index in [-0.39, 0.29) is 0 Å². The summed E-state index contributed by atoms with van der Waals surface area (Å²) in [5.74, 6) is 0.666. The fourth-order valence-corrected chi connectivity index (χ4v) is 2.37. The molecule has 3 nitrogen and oxygen atoms in total. The molecule has 0 aliphatic rings. The number of halogens is 1. The van der Waals surface area contributed by atoms with Crippen LogP contribution in [0.2, 0.25) is 0 Å². The molecule has 0 saturated heterocycles. The zero-order valence-corrected chi connectivity index (χ0v) is 11.7. The molecular weight excluding hydrogens is 302 g/mol. The van der Waals surface area contributed by atoms with Crippen molar-refractivity contribution in [1.29, 1.82) is 0 Å². The monoisotopic (exact) mass is 313 g/mol. The molecule has 0 amide bonds. The van der Waals surface area contributed by atoms with Crippen LogP contribution in [-0.2, 0) is 0 Å². The molecule has 0 aliphatic heterocycles. The summed E-state index contributed by atoms with van der Waals surface area (Å²) in [6, 6.07) is 16.2. The summed E-state index contributed by atoms with van der Waals surface area (Å²) in [7, 11) is 0. The van der Waals surface area contributed by atoms with E-state index in [0.717, 1.165) is 15.5 Å². The molecule has 3 aromatic rings. The van der Waals surface area contributed by atoms with Gasteiger partial charge in [-0.1, -0.05) is 36.4 Å². The van der Waals surface area contributed by atoms with Gasteiger partial charge in [-0.25, -0.2) is 4.98 Å². The van der Waals surface area contributed by atoms with Crippen molar-refractivity contribution in [3.63, 3.8) is 0 Å². The van der Waals surface area contributed by atoms with Crippen LogP contribution in [0, 0.1) is 0 Å². The summed E-state index contributed by atoms with van der Waals surface area (Å²) in [5.41, 5.74) is 7.57. The Hall–Kier alpha value is -2.07. The van der Waals surface area contributed by atoms with Crippen molar-refractivity contribution in [2.24, 2.45) is 0 Å². The maximum absolute atomic E-state index is 5.96. The summed E-state index contributed by atoms with van der Waals surface area (Å²) in [6.07, 6.45) is 1.73. The third-order valence-corrected chi connectivity index (χ3v) is 3.36. The third kappa shape index (κ3) is 2.39. The van der Waals surface area contributed by atoms with Crippen molar-refractivity contribution in [3.8, 4) is 0 Å². The minimum absolute atomic E-state index is 0.613. The maximum atomic E-state index is 5.96. The molecule has 2 aromatic carbocycles. The highest BCUT2D eigenvalue weighted by Gasteiger charge is 2.04. The third-order valence-electron chi connectivity index (χ3n) is 2.93. The van der Waals surface area contributed by atoms with Crippen LogP contribution in [0.4, 0.5) is 17.2 Å². The molecule has 4 heteroatoms. The van der Waals surface area contributed by atoms with Gasteiger partial charge in [0.15, 0.2) is 5.82 Å². The van der Waals surface area contributed by atoms with Crippen LogP contribution >= 0.6 is 15.9 Å². The van der Waals surface area contributed by atoms with Crippen molar-refractivity contribution in [3.05, 3.63) is 59.2 Å². The summed E-state index contributed by atoms with van der Waals surface area (Å²) < 4.78 is 0.869. The summed E-state index contributed by atoms with van der Waals surface area (Å²) in [4.78, 5) is 4.30. The van der Waals surface area contributed by atoms with Gasteiger partial charge < -0.3 is 11.1 Å². The first-order chi connectivity index (χ1) is 9.24. The van der Waals surface area contributed by atoms with E-state index in [1.807, 2.05) is 30.3 Å². The van der Waals surface area contributed by atoms with Crippen LogP contribution in [0.1, 0.15) is 0 Å². The van der Waals surface area contributed by atoms with E-state index >= 15 is 0 Å². The molecule has 0 saturated carbocycles. The van der Waals surface area contributed by atoms with Gasteiger partial charge in [-0.3, -0.25) is 0 Å². The first kappa shape index (κ1) is 12.0. The minimum Gasteiger partial charge on any atom is -0.396 e. The normalized spacial score (nSPS) is 10.6. The van der Waals surface area contributed by atoms with Gasteiger partial charge in [0, 0.05) is 21.7 Å². The van der Waals surface area contributed by atoms with Crippen LogP contribution in [0.15, 0.2) is 59.2 Å². The van der Waals surface area contributed by atoms with Gasteiger partial charge in [-0.2, -0.15) is 0 Å². The first-order valence-corrected chi connectivity index (χ1v) is 6.69. The zero-order chi connectivity index (χ0) is 13.2. The Morgan fingerprint density at radius 1 is 1.05 bits per heavy atom. The molecule has 3 rings (SSSR count). The highest BCUT2D eigenvalue weighted by atomic mass is 79.9. The van der Waals surface area contributed by atoms with E-state index in [1.165, 1.54) is 5.39 Å². The van der Waals surface area contributed by atoms with Crippen molar-refractivity contribution in [1.82, 2.24) is 4.98 Å². The van der Waals surface area contributed by atoms with Crippen LogP contribution in [0.25, 0.3) is 10.8 Å². The van der Waals surface area contributed by atoms with E-state index in [4.69, 9.17) is 5.73 Å². The highest BCUT2D eigenvalue weighted by molar-refractivity contribution is 9.10. The van der Waals surface area contributed by atoms with Crippen LogP contribution in [0.5, 0.6) is 0 Å². The van der Waals surface area contributed by atoms with Gasteiger partial charge in [-0.05, 0) is 33.4 Å². The van der Waals surface area contributed by atoms with Gasteiger partial charge in [0.25, 0.3) is 0 Å². The van der Waals surface area contributed by atoms with Crippen molar-refractivity contribution in [2.45, 2.75) is 0 Å². The molecule has 3 N–H and O–H groups in total. The number of rotatable bonds is 2. The highest BCUT2D eigenvalue weighted by Crippen LogP contribution is 2.28. The average molecular weight is 314 g/mol. The molecule has 0 aliphatic carbocycles. The SMILES string of the molecule is Nc1cc(Br)cnc1Nc1cccc2ccccc12. The van der Waals surface area contributed by atoms with Gasteiger partial charge in [0.2, 0.25) is 0 Å². The van der Waals surface area contributed by atoms with Gasteiger partial charge in [0.05, 0.1) is 5.69 Å². The molecule has 1 heterocycles. The molecule has 94 valence electrons. The Morgan fingerprint density at radius 3 is 2.68 bits per heavy atom. The molecule has 19 heavy (non-hydrogen) atoms. The van der Waals surface area contributed by atoms with Gasteiger partial charge in [-0.15, -0.1) is 0 Å². The maximum Gasteiger partial charge on any atom is 0.153 e. The Morgan fingerprint density at radius 2 is 1.84 bits per heavy atom. The average Bonchev–Trinajstić information content (AvgIpc) is 2.42. The second-order valence-corrected chi connectivity index (χ2v) is 5.16. The number of hydrogen-bond donors (Lipinski definition) is 2. The molecule has 0 unspecified atom stereocenters. The number of anilines is 3. The lowest BCUT2D eigenvalue weighted by atomic mass is 10.1. The van der Waals surface area contributed by atoms with E-state index in [0.29, 0.717) is 11.5 Å². The Kier molecular flexibility index (Phi) is 3.09. The quantitative estimate of drug-likeness (QED) is 0.740. The number of nitrogens with one attached hydrogen (secondary N) is 1. The number of nitrogen functional groups attached to an aromatic ring is 1. The molecule has 0 radical (unpaired) electrons. The van der Waals surface area contributed by atoms with Gasteiger partial charge in [0.1, 0.15) is 0 Å². The lowest BCUT2D eigenvalue weighted by Gasteiger charge is -2.11. The van der Waals surface area contributed by atoms with E-state index in [9.17, 15) is 0 Å². The number of nitrogens with zero attached hydrogens (tertiary/aromatic N) is 1.